The van der Waals surface area contributed by atoms with Gasteiger partial charge in [-0.15, -0.1) is 10.2 Å². The van der Waals surface area contributed by atoms with Gasteiger partial charge in [-0.2, -0.15) is 0 Å². The SMILES string of the molecule is CC(C)(C)c1ccc(NC(=O)Nc2nnc(-c3cncc(Cl)c3)s2)cc1. The number of nitrogens with zero attached hydrogens (tertiary/aromatic N) is 3. The zero-order valence-corrected chi connectivity index (χ0v) is 16.1. The number of pyridine rings is 1. The smallest absolute Gasteiger partial charge is 0.308 e. The monoisotopic (exact) mass is 387 g/mol. The predicted octanol–water partition coefficient (Wildman–Crippen LogP) is 5.20. The van der Waals surface area contributed by atoms with E-state index in [1.165, 1.54) is 16.9 Å². The minimum atomic E-state index is -0.375. The number of hydrogen-bond acceptors (Lipinski definition) is 5. The molecule has 0 radical (unpaired) electrons. The zero-order valence-electron chi connectivity index (χ0n) is 14.6. The van der Waals surface area contributed by atoms with Crippen molar-refractivity contribution in [1.29, 1.82) is 0 Å². The highest BCUT2D eigenvalue weighted by Crippen LogP contribution is 2.27. The molecule has 0 unspecified atom stereocenters. The summed E-state index contributed by atoms with van der Waals surface area (Å²) in [7, 11) is 0. The minimum absolute atomic E-state index is 0.0684. The van der Waals surface area contributed by atoms with Gasteiger partial charge in [-0.25, -0.2) is 4.79 Å². The summed E-state index contributed by atoms with van der Waals surface area (Å²) >= 11 is 7.18. The number of carbonyl (C=O) groups is 1. The molecule has 0 saturated carbocycles. The summed E-state index contributed by atoms with van der Waals surface area (Å²) in [5.41, 5.74) is 2.73. The lowest BCUT2D eigenvalue weighted by Crippen LogP contribution is -2.19. The first kappa shape index (κ1) is 18.3. The van der Waals surface area contributed by atoms with E-state index in [0.717, 1.165) is 5.56 Å². The Bertz CT molecular complexity index is 918. The van der Waals surface area contributed by atoms with E-state index in [2.05, 4.69) is 46.6 Å². The van der Waals surface area contributed by atoms with E-state index in [0.29, 0.717) is 20.8 Å². The molecule has 134 valence electrons. The van der Waals surface area contributed by atoms with Crippen LogP contribution in [-0.2, 0) is 5.41 Å². The van der Waals surface area contributed by atoms with Crippen molar-refractivity contribution in [3.05, 3.63) is 53.3 Å². The Morgan fingerprint density at radius 2 is 1.81 bits per heavy atom. The quantitative estimate of drug-likeness (QED) is 0.647. The average molecular weight is 388 g/mol. The number of anilines is 2. The summed E-state index contributed by atoms with van der Waals surface area (Å²) in [6.45, 7) is 6.43. The number of halogens is 1. The first-order valence-electron chi connectivity index (χ1n) is 7.94. The van der Waals surface area contributed by atoms with Crippen LogP contribution in [0, 0.1) is 0 Å². The fraction of sp³-hybridized carbons (Fsp3) is 0.222. The van der Waals surface area contributed by atoms with Crippen LogP contribution < -0.4 is 10.6 Å². The molecular formula is C18H18ClN5OS. The van der Waals surface area contributed by atoms with Crippen LogP contribution in [0.3, 0.4) is 0 Å². The average Bonchev–Trinajstić information content (AvgIpc) is 3.03. The van der Waals surface area contributed by atoms with E-state index < -0.39 is 0 Å². The van der Waals surface area contributed by atoms with Gasteiger partial charge in [0.2, 0.25) is 5.13 Å². The lowest BCUT2D eigenvalue weighted by Gasteiger charge is -2.19. The molecule has 2 N–H and O–H groups in total. The third-order valence-electron chi connectivity index (χ3n) is 3.61. The molecule has 2 aromatic heterocycles. The third-order valence-corrected chi connectivity index (χ3v) is 4.70. The number of benzene rings is 1. The Morgan fingerprint density at radius 3 is 2.46 bits per heavy atom. The Kier molecular flexibility index (Phi) is 5.20. The maximum absolute atomic E-state index is 12.1. The second kappa shape index (κ2) is 7.39. The molecule has 2 amide bonds. The molecule has 0 fully saturated rings. The highest BCUT2D eigenvalue weighted by molar-refractivity contribution is 7.18. The highest BCUT2D eigenvalue weighted by atomic mass is 35.5. The number of amides is 2. The summed E-state index contributed by atoms with van der Waals surface area (Å²) in [5, 5.41) is 15.0. The molecule has 0 aliphatic rings. The topological polar surface area (TPSA) is 79.8 Å². The lowest BCUT2D eigenvalue weighted by atomic mass is 9.87. The number of hydrogen-bond donors (Lipinski definition) is 2. The van der Waals surface area contributed by atoms with Gasteiger partial charge in [-0.1, -0.05) is 55.8 Å². The fourth-order valence-electron chi connectivity index (χ4n) is 2.23. The molecule has 2 heterocycles. The van der Waals surface area contributed by atoms with E-state index in [4.69, 9.17) is 11.6 Å². The van der Waals surface area contributed by atoms with Crippen molar-refractivity contribution in [1.82, 2.24) is 15.2 Å². The van der Waals surface area contributed by atoms with Crippen LogP contribution in [0.25, 0.3) is 10.6 Å². The van der Waals surface area contributed by atoms with Crippen molar-refractivity contribution in [3.8, 4) is 10.6 Å². The first-order valence-corrected chi connectivity index (χ1v) is 9.14. The molecule has 6 nitrogen and oxygen atoms in total. The van der Waals surface area contributed by atoms with Crippen LogP contribution in [0.15, 0.2) is 42.7 Å². The van der Waals surface area contributed by atoms with Crippen LogP contribution in [0.1, 0.15) is 26.3 Å². The molecule has 0 aliphatic heterocycles. The van der Waals surface area contributed by atoms with Gasteiger partial charge < -0.3 is 5.32 Å². The van der Waals surface area contributed by atoms with Crippen molar-refractivity contribution in [3.63, 3.8) is 0 Å². The molecular weight excluding hydrogens is 370 g/mol. The molecule has 0 saturated heterocycles. The van der Waals surface area contributed by atoms with E-state index in [1.807, 2.05) is 24.3 Å². The largest absolute Gasteiger partial charge is 0.325 e. The predicted molar refractivity (Wildman–Crippen MR) is 106 cm³/mol. The van der Waals surface area contributed by atoms with Gasteiger partial charge in [-0.05, 0) is 29.2 Å². The summed E-state index contributed by atoms with van der Waals surface area (Å²) in [6, 6.07) is 9.14. The van der Waals surface area contributed by atoms with Gasteiger partial charge in [0.15, 0.2) is 5.01 Å². The molecule has 0 spiro atoms. The van der Waals surface area contributed by atoms with E-state index >= 15 is 0 Å². The van der Waals surface area contributed by atoms with E-state index in [1.54, 1.807) is 18.5 Å². The summed E-state index contributed by atoms with van der Waals surface area (Å²) in [6.07, 6.45) is 3.19. The van der Waals surface area contributed by atoms with Crippen molar-refractivity contribution >= 4 is 39.8 Å². The Hall–Kier alpha value is -2.51. The van der Waals surface area contributed by atoms with Crippen LogP contribution in [0.4, 0.5) is 15.6 Å². The summed E-state index contributed by atoms with van der Waals surface area (Å²) in [5.74, 6) is 0. The summed E-state index contributed by atoms with van der Waals surface area (Å²) in [4.78, 5) is 16.2. The zero-order chi connectivity index (χ0) is 18.7. The lowest BCUT2D eigenvalue weighted by molar-refractivity contribution is 0.262. The number of rotatable bonds is 3. The third kappa shape index (κ3) is 4.56. The normalized spacial score (nSPS) is 11.2. The van der Waals surface area contributed by atoms with Crippen LogP contribution in [0.2, 0.25) is 5.02 Å². The number of nitrogens with one attached hydrogen (secondary N) is 2. The van der Waals surface area contributed by atoms with Gasteiger partial charge >= 0.3 is 6.03 Å². The van der Waals surface area contributed by atoms with Gasteiger partial charge in [0.25, 0.3) is 0 Å². The molecule has 0 atom stereocenters. The molecule has 3 rings (SSSR count). The van der Waals surface area contributed by atoms with Gasteiger partial charge in [-0.3, -0.25) is 10.3 Å². The number of carbonyl (C=O) groups excluding carboxylic acids is 1. The molecule has 0 bridgehead atoms. The van der Waals surface area contributed by atoms with Gasteiger partial charge in [0.1, 0.15) is 0 Å². The molecule has 0 aliphatic carbocycles. The fourth-order valence-corrected chi connectivity index (χ4v) is 3.13. The second-order valence-corrected chi connectivity index (χ2v) is 8.12. The van der Waals surface area contributed by atoms with Crippen LogP contribution in [0.5, 0.6) is 0 Å². The Labute approximate surface area is 160 Å². The highest BCUT2D eigenvalue weighted by Gasteiger charge is 2.14. The number of urea groups is 1. The second-order valence-electron chi connectivity index (χ2n) is 6.71. The van der Waals surface area contributed by atoms with Gasteiger partial charge in [0.05, 0.1) is 5.02 Å². The molecule has 3 aromatic rings. The van der Waals surface area contributed by atoms with Crippen LogP contribution in [-0.4, -0.2) is 21.2 Å². The Balaban J connectivity index is 1.64. The van der Waals surface area contributed by atoms with Crippen LogP contribution >= 0.6 is 22.9 Å². The van der Waals surface area contributed by atoms with Crippen molar-refractivity contribution < 1.29 is 4.79 Å². The standard InChI is InChI=1S/C18H18ClN5OS/c1-18(2,3)12-4-6-14(7-5-12)21-16(25)22-17-24-23-15(26-17)11-8-13(19)10-20-9-11/h4-10H,1-3H3,(H2,21,22,24,25). The van der Waals surface area contributed by atoms with E-state index in [9.17, 15) is 4.79 Å². The molecule has 1 aromatic carbocycles. The molecule has 26 heavy (non-hydrogen) atoms. The summed E-state index contributed by atoms with van der Waals surface area (Å²) < 4.78 is 0. The minimum Gasteiger partial charge on any atom is -0.308 e. The molecule has 8 heteroatoms. The maximum Gasteiger partial charge on any atom is 0.325 e. The van der Waals surface area contributed by atoms with Crippen molar-refractivity contribution in [2.45, 2.75) is 26.2 Å². The van der Waals surface area contributed by atoms with Gasteiger partial charge in [0, 0.05) is 23.6 Å². The number of aromatic nitrogens is 3. The maximum atomic E-state index is 12.1. The Morgan fingerprint density at radius 1 is 1.08 bits per heavy atom. The van der Waals surface area contributed by atoms with Crippen molar-refractivity contribution in [2.24, 2.45) is 0 Å². The van der Waals surface area contributed by atoms with Crippen molar-refractivity contribution in [2.75, 3.05) is 10.6 Å². The van der Waals surface area contributed by atoms with E-state index in [-0.39, 0.29) is 11.4 Å². The first-order chi connectivity index (χ1) is 12.3.